The molecule has 2 aromatic heterocycles. The minimum absolute atomic E-state index is 0.0201. The van der Waals surface area contributed by atoms with Crippen LogP contribution in [0.25, 0.3) is 22.6 Å². The zero-order valence-electron chi connectivity index (χ0n) is 21.3. The number of aromatic nitrogens is 2. The lowest BCUT2D eigenvalue weighted by Gasteiger charge is -2.14. The van der Waals surface area contributed by atoms with Gasteiger partial charge in [0.1, 0.15) is 5.69 Å². The van der Waals surface area contributed by atoms with Crippen LogP contribution in [0.5, 0.6) is 5.88 Å². The monoisotopic (exact) mass is 511 g/mol. The van der Waals surface area contributed by atoms with Gasteiger partial charge in [-0.1, -0.05) is 54.6 Å². The summed E-state index contributed by atoms with van der Waals surface area (Å²) in [5.41, 5.74) is 5.13. The molecular formula is C30H29N3O5. The van der Waals surface area contributed by atoms with Gasteiger partial charge in [-0.05, 0) is 60.7 Å². The van der Waals surface area contributed by atoms with Crippen LogP contribution in [0.15, 0.2) is 77.3 Å². The lowest BCUT2D eigenvalue weighted by atomic mass is 10.0. The Balaban J connectivity index is 1.15. The summed E-state index contributed by atoms with van der Waals surface area (Å²) in [6.07, 6.45) is 4.01. The lowest BCUT2D eigenvalue weighted by molar-refractivity contribution is 0.0950. The molecule has 8 heteroatoms. The van der Waals surface area contributed by atoms with E-state index < -0.39 is 6.16 Å². The predicted octanol–water partition coefficient (Wildman–Crippen LogP) is 5.96. The van der Waals surface area contributed by atoms with Crippen molar-refractivity contribution < 1.29 is 23.5 Å². The number of rotatable bonds is 9. The Bertz CT molecular complexity index is 1390. The highest BCUT2D eigenvalue weighted by Gasteiger charge is 2.16. The van der Waals surface area contributed by atoms with Crippen molar-refractivity contribution in [1.29, 1.82) is 0 Å². The van der Waals surface area contributed by atoms with E-state index in [9.17, 15) is 9.59 Å². The van der Waals surface area contributed by atoms with Crippen LogP contribution < -0.4 is 4.74 Å². The van der Waals surface area contributed by atoms with Gasteiger partial charge in [0.25, 0.3) is 5.89 Å². The number of likely N-dealkylation sites (tertiary alicyclic amines) is 1. The quantitative estimate of drug-likeness (QED) is 0.201. The number of carbonyl (C=O) groups is 2. The number of methoxy groups -OCH3 is 1. The van der Waals surface area contributed by atoms with E-state index in [1.807, 2.05) is 0 Å². The number of benzene rings is 2. The van der Waals surface area contributed by atoms with E-state index in [0.717, 1.165) is 17.7 Å². The van der Waals surface area contributed by atoms with Gasteiger partial charge < -0.3 is 13.9 Å². The number of ketones is 1. The number of ether oxygens (including phenoxy) is 2. The van der Waals surface area contributed by atoms with Gasteiger partial charge >= 0.3 is 6.16 Å². The van der Waals surface area contributed by atoms with Crippen LogP contribution >= 0.6 is 0 Å². The highest BCUT2D eigenvalue weighted by molar-refractivity contribution is 5.92. The van der Waals surface area contributed by atoms with Gasteiger partial charge in [0.15, 0.2) is 5.76 Å². The molecule has 1 fully saturated rings. The molecule has 1 aliphatic heterocycles. The van der Waals surface area contributed by atoms with E-state index in [-0.39, 0.29) is 24.0 Å². The molecule has 0 bridgehead atoms. The first-order chi connectivity index (χ1) is 18.6. The Kier molecular flexibility index (Phi) is 7.89. The lowest BCUT2D eigenvalue weighted by Crippen LogP contribution is -2.18. The van der Waals surface area contributed by atoms with E-state index in [0.29, 0.717) is 17.9 Å². The molecule has 194 valence electrons. The fourth-order valence-corrected chi connectivity index (χ4v) is 4.49. The van der Waals surface area contributed by atoms with Crippen molar-refractivity contribution in [1.82, 2.24) is 14.9 Å². The summed E-state index contributed by atoms with van der Waals surface area (Å²) < 4.78 is 15.0. The Hall–Kier alpha value is -4.30. The summed E-state index contributed by atoms with van der Waals surface area (Å²) in [6.45, 7) is 3.41. The smallest absolute Gasteiger partial charge is 0.437 e. The summed E-state index contributed by atoms with van der Waals surface area (Å²) in [7, 11) is 1.21. The maximum Gasteiger partial charge on any atom is 0.514 e. The third-order valence-corrected chi connectivity index (χ3v) is 6.56. The summed E-state index contributed by atoms with van der Waals surface area (Å²) in [5.74, 6) is 0.183. The van der Waals surface area contributed by atoms with E-state index in [1.165, 1.54) is 56.4 Å². The molecule has 2 aromatic carbocycles. The van der Waals surface area contributed by atoms with Crippen molar-refractivity contribution in [2.24, 2.45) is 0 Å². The maximum absolute atomic E-state index is 12.7. The van der Waals surface area contributed by atoms with E-state index in [2.05, 4.69) is 68.1 Å². The maximum atomic E-state index is 12.7. The van der Waals surface area contributed by atoms with E-state index in [1.54, 1.807) is 12.1 Å². The van der Waals surface area contributed by atoms with Crippen LogP contribution in [0.1, 0.15) is 41.1 Å². The highest BCUT2D eigenvalue weighted by Crippen LogP contribution is 2.24. The van der Waals surface area contributed by atoms with Crippen molar-refractivity contribution in [2.75, 3.05) is 20.2 Å². The van der Waals surface area contributed by atoms with Crippen molar-refractivity contribution >= 4 is 11.9 Å². The van der Waals surface area contributed by atoms with Crippen LogP contribution in [0.2, 0.25) is 0 Å². The van der Waals surface area contributed by atoms with Gasteiger partial charge in [0, 0.05) is 19.0 Å². The molecule has 0 aliphatic carbocycles. The van der Waals surface area contributed by atoms with Gasteiger partial charge in [-0.25, -0.2) is 14.8 Å². The number of aryl methyl sites for hydroxylation is 1. The molecule has 0 amide bonds. The number of hydrogen-bond acceptors (Lipinski definition) is 8. The minimum Gasteiger partial charge on any atom is -0.437 e. The molecule has 4 aromatic rings. The normalized spacial score (nSPS) is 13.4. The number of pyridine rings is 1. The standard InChI is InChI=1S/C30H29N3O5/c1-36-30(35)38-28-6-4-5-25(32-28)27-19-31-29(37-27)26(34)16-11-21-7-12-23(13-8-21)24-14-9-22(10-15-24)20-33-17-2-3-18-33/h4-10,12-15,19H,2-3,11,16-18,20H2,1H3. The summed E-state index contributed by atoms with van der Waals surface area (Å²) in [6, 6.07) is 21.9. The molecule has 1 saturated heterocycles. The molecule has 5 rings (SSSR count). The molecule has 0 atom stereocenters. The number of Topliss-reactive ketones (excluding diaryl/α,β-unsaturated/α-hetero) is 1. The number of hydrogen-bond donors (Lipinski definition) is 0. The van der Waals surface area contributed by atoms with Crippen molar-refractivity contribution in [3.8, 4) is 28.5 Å². The zero-order chi connectivity index (χ0) is 26.3. The Morgan fingerprint density at radius 1 is 0.921 bits per heavy atom. The molecule has 0 radical (unpaired) electrons. The average Bonchev–Trinajstić information content (AvgIpc) is 3.65. The molecule has 38 heavy (non-hydrogen) atoms. The van der Waals surface area contributed by atoms with Crippen LogP contribution in [-0.4, -0.2) is 47.0 Å². The molecule has 1 aliphatic rings. The second-order valence-corrected chi connectivity index (χ2v) is 9.25. The molecule has 0 unspecified atom stereocenters. The van der Waals surface area contributed by atoms with Crippen LogP contribution in [0.3, 0.4) is 0 Å². The first-order valence-electron chi connectivity index (χ1n) is 12.7. The Morgan fingerprint density at radius 2 is 1.61 bits per heavy atom. The van der Waals surface area contributed by atoms with E-state index in [4.69, 9.17) is 9.15 Å². The van der Waals surface area contributed by atoms with Crippen molar-refractivity contribution in [2.45, 2.75) is 32.2 Å². The van der Waals surface area contributed by atoms with E-state index >= 15 is 0 Å². The highest BCUT2D eigenvalue weighted by atomic mass is 16.7. The fraction of sp³-hybridized carbons (Fsp3) is 0.267. The van der Waals surface area contributed by atoms with Gasteiger partial charge in [0.05, 0.1) is 13.3 Å². The third-order valence-electron chi connectivity index (χ3n) is 6.56. The number of carbonyl (C=O) groups excluding carboxylic acids is 2. The molecule has 8 nitrogen and oxygen atoms in total. The first-order valence-corrected chi connectivity index (χ1v) is 12.7. The molecule has 0 spiro atoms. The largest absolute Gasteiger partial charge is 0.514 e. The third kappa shape index (κ3) is 6.33. The number of nitrogens with zero attached hydrogens (tertiary/aromatic N) is 3. The van der Waals surface area contributed by atoms with Gasteiger partial charge in [0.2, 0.25) is 11.7 Å². The summed E-state index contributed by atoms with van der Waals surface area (Å²) in [4.78, 5) is 34.8. The summed E-state index contributed by atoms with van der Waals surface area (Å²) in [5, 5.41) is 0. The second kappa shape index (κ2) is 11.8. The van der Waals surface area contributed by atoms with Gasteiger partial charge in [-0.2, -0.15) is 0 Å². The summed E-state index contributed by atoms with van der Waals surface area (Å²) >= 11 is 0. The van der Waals surface area contributed by atoms with Crippen LogP contribution in [0.4, 0.5) is 4.79 Å². The van der Waals surface area contributed by atoms with Crippen LogP contribution in [-0.2, 0) is 17.7 Å². The first kappa shape index (κ1) is 25.4. The minimum atomic E-state index is -0.873. The second-order valence-electron chi connectivity index (χ2n) is 9.25. The predicted molar refractivity (Wildman–Crippen MR) is 142 cm³/mol. The van der Waals surface area contributed by atoms with Crippen molar-refractivity contribution in [3.63, 3.8) is 0 Å². The number of oxazole rings is 1. The SMILES string of the molecule is COC(=O)Oc1cccc(-c2cnc(C(=O)CCc3ccc(-c4ccc(CN5CCCC5)cc4)cc3)o2)n1. The molecular weight excluding hydrogens is 482 g/mol. The average molecular weight is 512 g/mol. The van der Waals surface area contributed by atoms with Crippen molar-refractivity contribution in [3.05, 3.63) is 89.9 Å². The van der Waals surface area contributed by atoms with Gasteiger partial charge in [-0.15, -0.1) is 0 Å². The molecule has 0 N–H and O–H groups in total. The Labute approximate surface area is 221 Å². The molecule has 0 saturated carbocycles. The van der Waals surface area contributed by atoms with Gasteiger partial charge in [-0.3, -0.25) is 9.69 Å². The Morgan fingerprint density at radius 3 is 2.29 bits per heavy atom. The fourth-order valence-electron chi connectivity index (χ4n) is 4.49. The topological polar surface area (TPSA) is 94.8 Å². The zero-order valence-corrected chi connectivity index (χ0v) is 21.3. The molecule has 3 heterocycles. The van der Waals surface area contributed by atoms with Crippen LogP contribution in [0, 0.1) is 0 Å².